The highest BCUT2D eigenvalue weighted by Crippen LogP contribution is 2.25. The minimum absolute atomic E-state index is 0.0416. The van der Waals surface area contributed by atoms with Gasteiger partial charge in [0.05, 0.1) is 24.6 Å². The van der Waals surface area contributed by atoms with Crippen LogP contribution in [0.25, 0.3) is 0 Å². The first-order valence-electron chi connectivity index (χ1n) is 10.4. The van der Waals surface area contributed by atoms with E-state index >= 15 is 0 Å². The molecule has 7 heteroatoms. The van der Waals surface area contributed by atoms with Gasteiger partial charge in [0.15, 0.2) is 0 Å². The Kier molecular flexibility index (Phi) is 6.65. The van der Waals surface area contributed by atoms with E-state index in [1.54, 1.807) is 37.7 Å². The van der Waals surface area contributed by atoms with Crippen LogP contribution in [-0.2, 0) is 19.6 Å². The van der Waals surface area contributed by atoms with Crippen LogP contribution in [0.5, 0.6) is 17.4 Å². The molecule has 1 aromatic carbocycles. The summed E-state index contributed by atoms with van der Waals surface area (Å²) in [7, 11) is 1.55. The van der Waals surface area contributed by atoms with Crippen LogP contribution in [0.15, 0.2) is 67.5 Å². The molecule has 0 radical (unpaired) electrons. The van der Waals surface area contributed by atoms with Gasteiger partial charge in [-0.05, 0) is 47.9 Å². The second-order valence-corrected chi connectivity index (χ2v) is 7.37. The molecular weight excluding hydrogens is 406 g/mol. The largest absolute Gasteiger partial charge is 0.488 e. The molecule has 1 aliphatic rings. The maximum atomic E-state index is 12.9. The maximum Gasteiger partial charge on any atom is 0.255 e. The van der Waals surface area contributed by atoms with Crippen molar-refractivity contribution in [2.75, 3.05) is 20.3 Å². The zero-order valence-corrected chi connectivity index (χ0v) is 18.0. The molecule has 0 bridgehead atoms. The summed E-state index contributed by atoms with van der Waals surface area (Å²) < 4.78 is 16.4. The Hall–Kier alpha value is -3.87. The van der Waals surface area contributed by atoms with E-state index in [9.17, 15) is 4.79 Å². The van der Waals surface area contributed by atoms with Gasteiger partial charge in [-0.1, -0.05) is 18.7 Å². The van der Waals surface area contributed by atoms with Gasteiger partial charge in [-0.15, -0.1) is 0 Å². The standard InChI is InChI=1S/C25H25N3O4/c1-3-12-31-23-8-6-21(26-15-23)17-32-22-7-4-18-10-11-28(16-20(18)13-22)25(29)19-5-9-24(30-2)27-14-19/h3-9,13-15H,1,10-12,16-17H2,2H3. The number of pyridine rings is 2. The summed E-state index contributed by atoms with van der Waals surface area (Å²) in [5.74, 6) is 1.89. The molecule has 164 valence electrons. The molecule has 0 saturated carbocycles. The molecule has 7 nitrogen and oxygen atoms in total. The monoisotopic (exact) mass is 431 g/mol. The van der Waals surface area contributed by atoms with Crippen molar-refractivity contribution in [3.63, 3.8) is 0 Å². The Morgan fingerprint density at radius 1 is 1.06 bits per heavy atom. The molecule has 0 fully saturated rings. The Morgan fingerprint density at radius 2 is 1.94 bits per heavy atom. The minimum Gasteiger partial charge on any atom is -0.488 e. The lowest BCUT2D eigenvalue weighted by Crippen LogP contribution is -2.36. The number of ether oxygens (including phenoxy) is 3. The molecule has 0 N–H and O–H groups in total. The summed E-state index contributed by atoms with van der Waals surface area (Å²) in [4.78, 5) is 23.2. The summed E-state index contributed by atoms with van der Waals surface area (Å²) in [5, 5.41) is 0. The van der Waals surface area contributed by atoms with Crippen molar-refractivity contribution in [1.82, 2.24) is 14.9 Å². The van der Waals surface area contributed by atoms with E-state index in [0.29, 0.717) is 43.5 Å². The molecule has 0 unspecified atom stereocenters. The highest BCUT2D eigenvalue weighted by Gasteiger charge is 2.22. The highest BCUT2D eigenvalue weighted by atomic mass is 16.5. The third-order valence-electron chi connectivity index (χ3n) is 5.22. The number of hydrogen-bond donors (Lipinski definition) is 0. The maximum absolute atomic E-state index is 12.9. The summed E-state index contributed by atoms with van der Waals surface area (Å²) >= 11 is 0. The fraction of sp³-hybridized carbons (Fsp3) is 0.240. The topological polar surface area (TPSA) is 73.8 Å². The predicted molar refractivity (Wildman–Crippen MR) is 120 cm³/mol. The van der Waals surface area contributed by atoms with Crippen LogP contribution in [0.4, 0.5) is 0 Å². The second-order valence-electron chi connectivity index (χ2n) is 7.37. The number of benzene rings is 1. The molecule has 3 aromatic rings. The van der Waals surface area contributed by atoms with Gasteiger partial charge in [0.25, 0.3) is 5.91 Å². The summed E-state index contributed by atoms with van der Waals surface area (Å²) in [6, 6.07) is 13.2. The number of carbonyl (C=O) groups is 1. The van der Waals surface area contributed by atoms with E-state index in [1.807, 2.05) is 29.2 Å². The van der Waals surface area contributed by atoms with Gasteiger partial charge >= 0.3 is 0 Å². The van der Waals surface area contributed by atoms with Crippen molar-refractivity contribution in [2.24, 2.45) is 0 Å². The van der Waals surface area contributed by atoms with Gasteiger partial charge in [-0.25, -0.2) is 4.98 Å². The lowest BCUT2D eigenvalue weighted by Gasteiger charge is -2.29. The van der Waals surface area contributed by atoms with Gasteiger partial charge in [-0.2, -0.15) is 0 Å². The molecule has 2 aromatic heterocycles. The van der Waals surface area contributed by atoms with Gasteiger partial charge in [0, 0.05) is 25.4 Å². The van der Waals surface area contributed by atoms with Crippen molar-refractivity contribution in [3.05, 3.63) is 89.9 Å². The Labute approximate surface area is 187 Å². The van der Waals surface area contributed by atoms with E-state index in [0.717, 1.165) is 23.4 Å². The van der Waals surface area contributed by atoms with Gasteiger partial charge in [-0.3, -0.25) is 9.78 Å². The van der Waals surface area contributed by atoms with Gasteiger partial charge in [0.1, 0.15) is 24.7 Å². The third kappa shape index (κ3) is 5.06. The Morgan fingerprint density at radius 3 is 2.66 bits per heavy atom. The van der Waals surface area contributed by atoms with Crippen LogP contribution in [0, 0.1) is 0 Å². The number of carbonyl (C=O) groups excluding carboxylic acids is 1. The number of rotatable bonds is 8. The summed E-state index contributed by atoms with van der Waals surface area (Å²) in [5.41, 5.74) is 3.67. The molecular formula is C25H25N3O4. The minimum atomic E-state index is -0.0416. The average Bonchev–Trinajstić information content (AvgIpc) is 2.86. The lowest BCUT2D eigenvalue weighted by atomic mass is 9.99. The lowest BCUT2D eigenvalue weighted by molar-refractivity contribution is 0.0734. The average molecular weight is 431 g/mol. The van der Waals surface area contributed by atoms with Gasteiger partial charge in [0.2, 0.25) is 5.88 Å². The molecule has 0 spiro atoms. The fourth-order valence-corrected chi connectivity index (χ4v) is 3.50. The van der Waals surface area contributed by atoms with E-state index in [4.69, 9.17) is 14.2 Å². The molecule has 0 atom stereocenters. The van der Waals surface area contributed by atoms with Crippen molar-refractivity contribution >= 4 is 5.91 Å². The number of aromatic nitrogens is 2. The molecule has 0 aliphatic carbocycles. The van der Waals surface area contributed by atoms with E-state index in [-0.39, 0.29) is 5.91 Å². The first-order chi connectivity index (χ1) is 15.7. The number of nitrogens with zero attached hydrogens (tertiary/aromatic N) is 3. The van der Waals surface area contributed by atoms with E-state index in [1.165, 1.54) is 5.56 Å². The first-order valence-corrected chi connectivity index (χ1v) is 10.4. The van der Waals surface area contributed by atoms with Crippen LogP contribution in [0.3, 0.4) is 0 Å². The smallest absolute Gasteiger partial charge is 0.255 e. The van der Waals surface area contributed by atoms with Crippen molar-refractivity contribution in [1.29, 1.82) is 0 Å². The van der Waals surface area contributed by atoms with Crippen molar-refractivity contribution in [2.45, 2.75) is 19.6 Å². The summed E-state index contributed by atoms with van der Waals surface area (Å²) in [6.45, 7) is 5.62. The van der Waals surface area contributed by atoms with Crippen LogP contribution in [0.1, 0.15) is 27.2 Å². The normalized spacial score (nSPS) is 12.6. The second kappa shape index (κ2) is 9.96. The molecule has 3 heterocycles. The molecule has 1 amide bonds. The van der Waals surface area contributed by atoms with Crippen LogP contribution >= 0.6 is 0 Å². The first kappa shape index (κ1) is 21.4. The number of methoxy groups -OCH3 is 1. The zero-order chi connectivity index (χ0) is 22.3. The fourth-order valence-electron chi connectivity index (χ4n) is 3.50. The number of fused-ring (bicyclic) bond motifs is 1. The van der Waals surface area contributed by atoms with Crippen LogP contribution < -0.4 is 14.2 Å². The molecule has 32 heavy (non-hydrogen) atoms. The van der Waals surface area contributed by atoms with Crippen molar-refractivity contribution < 1.29 is 19.0 Å². The Bertz CT molecular complexity index is 1080. The molecule has 4 rings (SSSR count). The molecule has 0 saturated heterocycles. The van der Waals surface area contributed by atoms with Crippen LogP contribution in [0.2, 0.25) is 0 Å². The quantitative estimate of drug-likeness (QED) is 0.505. The van der Waals surface area contributed by atoms with Crippen molar-refractivity contribution in [3.8, 4) is 17.4 Å². The number of hydrogen-bond acceptors (Lipinski definition) is 6. The van der Waals surface area contributed by atoms with E-state index in [2.05, 4.69) is 22.6 Å². The highest BCUT2D eigenvalue weighted by molar-refractivity contribution is 5.94. The SMILES string of the molecule is C=CCOc1ccc(COc2ccc3c(c2)CN(C(=O)c2ccc(OC)nc2)CC3)nc1. The summed E-state index contributed by atoms with van der Waals surface area (Å²) in [6.07, 6.45) is 5.72. The van der Waals surface area contributed by atoms with Crippen LogP contribution in [-0.4, -0.2) is 41.0 Å². The van der Waals surface area contributed by atoms with E-state index < -0.39 is 0 Å². The predicted octanol–water partition coefficient (Wildman–Crippen LogP) is 3.83. The Balaban J connectivity index is 1.38. The zero-order valence-electron chi connectivity index (χ0n) is 18.0. The molecule has 1 aliphatic heterocycles. The number of amides is 1. The third-order valence-corrected chi connectivity index (χ3v) is 5.22. The van der Waals surface area contributed by atoms with Gasteiger partial charge < -0.3 is 19.1 Å².